The maximum absolute atomic E-state index is 12.7. The first-order valence-electron chi connectivity index (χ1n) is 12.1. The van der Waals surface area contributed by atoms with Crippen molar-refractivity contribution >= 4 is 35.4 Å². The smallest absolute Gasteiger partial charge is 0.343 e. The zero-order valence-corrected chi connectivity index (χ0v) is 21.6. The van der Waals surface area contributed by atoms with Crippen LogP contribution in [0, 0.1) is 24.0 Å². The second kappa shape index (κ2) is 12.3. The second-order valence-corrected chi connectivity index (χ2v) is 8.81. The van der Waals surface area contributed by atoms with Gasteiger partial charge in [-0.15, -0.1) is 0 Å². The van der Waals surface area contributed by atoms with Crippen molar-refractivity contribution in [1.82, 2.24) is 5.43 Å². The van der Waals surface area contributed by atoms with E-state index in [0.29, 0.717) is 11.3 Å². The topological polar surface area (TPSA) is 140 Å². The van der Waals surface area contributed by atoms with Crippen LogP contribution in [0.1, 0.15) is 47.8 Å². The number of carbonyl (C=O) groups excluding carboxylic acids is 3. The molecule has 0 spiro atoms. The molecule has 0 unspecified atom stereocenters. The summed E-state index contributed by atoms with van der Waals surface area (Å²) in [4.78, 5) is 48.5. The maximum atomic E-state index is 12.7. The van der Waals surface area contributed by atoms with Gasteiger partial charge < -0.3 is 10.1 Å². The maximum Gasteiger partial charge on any atom is 0.343 e. The van der Waals surface area contributed by atoms with E-state index in [1.165, 1.54) is 36.4 Å². The van der Waals surface area contributed by atoms with E-state index in [4.69, 9.17) is 4.74 Å². The first kappa shape index (κ1) is 27.4. The molecule has 0 bridgehead atoms. The molecule has 0 aliphatic rings. The average molecular weight is 537 g/mol. The molecule has 0 saturated heterocycles. The van der Waals surface area contributed by atoms with Gasteiger partial charge in [-0.3, -0.25) is 19.7 Å². The lowest BCUT2D eigenvalue weighted by Gasteiger charge is -2.09. The number of para-hydroxylation sites is 1. The number of benzene rings is 4. The van der Waals surface area contributed by atoms with Crippen LogP contribution >= 0.6 is 0 Å². The normalized spacial score (nSPS) is 10.7. The molecule has 10 heteroatoms. The van der Waals surface area contributed by atoms with E-state index in [2.05, 4.69) is 15.8 Å². The summed E-state index contributed by atoms with van der Waals surface area (Å²) in [5, 5.41) is 18.2. The Labute approximate surface area is 229 Å². The van der Waals surface area contributed by atoms with E-state index in [1.54, 1.807) is 49.4 Å². The molecule has 0 saturated carbocycles. The lowest BCUT2D eigenvalue weighted by Crippen LogP contribution is -2.18. The van der Waals surface area contributed by atoms with E-state index in [9.17, 15) is 24.5 Å². The Morgan fingerprint density at radius 1 is 0.800 bits per heavy atom. The number of nitrogens with one attached hydrogen (secondary N) is 2. The number of amides is 2. The number of aryl methyl sites for hydroxylation is 2. The van der Waals surface area contributed by atoms with Crippen molar-refractivity contribution in [2.24, 2.45) is 5.10 Å². The molecular formula is C30H24N4O6. The van der Waals surface area contributed by atoms with Gasteiger partial charge in [-0.2, -0.15) is 5.10 Å². The minimum atomic E-state index is -0.772. The second-order valence-electron chi connectivity index (χ2n) is 8.81. The average Bonchev–Trinajstić information content (AvgIpc) is 2.94. The molecule has 0 fully saturated rings. The Bertz CT molecular complexity index is 1610. The highest BCUT2D eigenvalue weighted by atomic mass is 16.6. The van der Waals surface area contributed by atoms with E-state index in [-0.39, 0.29) is 28.3 Å². The lowest BCUT2D eigenvalue weighted by molar-refractivity contribution is -0.385. The van der Waals surface area contributed by atoms with Crippen molar-refractivity contribution in [2.75, 3.05) is 5.32 Å². The minimum absolute atomic E-state index is 0.115. The number of ether oxygens (including phenoxy) is 1. The molecule has 0 aliphatic carbocycles. The van der Waals surface area contributed by atoms with E-state index in [1.807, 2.05) is 19.1 Å². The van der Waals surface area contributed by atoms with Gasteiger partial charge in [0.05, 0.1) is 16.7 Å². The number of nitro groups is 1. The molecule has 200 valence electrons. The molecule has 0 atom stereocenters. The van der Waals surface area contributed by atoms with Crippen molar-refractivity contribution in [1.29, 1.82) is 0 Å². The molecule has 0 aliphatic heterocycles. The summed E-state index contributed by atoms with van der Waals surface area (Å²) in [5.74, 6) is -1.91. The molecule has 4 aromatic rings. The van der Waals surface area contributed by atoms with Gasteiger partial charge in [0.1, 0.15) is 0 Å². The fourth-order valence-electron chi connectivity index (χ4n) is 3.66. The molecule has 4 rings (SSSR count). The third kappa shape index (κ3) is 6.81. The third-order valence-electron chi connectivity index (χ3n) is 5.76. The quantitative estimate of drug-likeness (QED) is 0.101. The summed E-state index contributed by atoms with van der Waals surface area (Å²) in [6, 6.07) is 24.0. The number of nitrogens with zero attached hydrogens (tertiary/aromatic N) is 2. The van der Waals surface area contributed by atoms with Crippen LogP contribution in [0.25, 0.3) is 0 Å². The summed E-state index contributed by atoms with van der Waals surface area (Å²) < 4.78 is 5.38. The minimum Gasteiger partial charge on any atom is -0.415 e. The van der Waals surface area contributed by atoms with E-state index >= 15 is 0 Å². The molecule has 4 aromatic carbocycles. The summed E-state index contributed by atoms with van der Waals surface area (Å²) in [6.45, 7) is 3.73. The van der Waals surface area contributed by atoms with Crippen LogP contribution in [0.3, 0.4) is 0 Å². The number of esters is 1. The summed E-state index contributed by atoms with van der Waals surface area (Å²) in [7, 11) is 0. The van der Waals surface area contributed by atoms with Crippen molar-refractivity contribution in [2.45, 2.75) is 13.8 Å². The number of nitro benzene ring substituents is 1. The lowest BCUT2D eigenvalue weighted by atomic mass is 10.1. The molecule has 2 amide bonds. The molecule has 0 heterocycles. The van der Waals surface area contributed by atoms with Crippen LogP contribution in [-0.2, 0) is 0 Å². The van der Waals surface area contributed by atoms with E-state index in [0.717, 1.165) is 17.3 Å². The zero-order valence-electron chi connectivity index (χ0n) is 21.6. The highest BCUT2D eigenvalue weighted by molar-refractivity contribution is 6.04. The number of rotatable bonds is 8. The van der Waals surface area contributed by atoms with Crippen molar-refractivity contribution in [3.8, 4) is 5.75 Å². The van der Waals surface area contributed by atoms with Gasteiger partial charge in [-0.05, 0) is 68.4 Å². The summed E-state index contributed by atoms with van der Waals surface area (Å²) in [5.41, 5.74) is 5.39. The number of hydrogen-bond acceptors (Lipinski definition) is 7. The Morgan fingerprint density at radius 3 is 2.12 bits per heavy atom. The van der Waals surface area contributed by atoms with Gasteiger partial charge in [0.15, 0.2) is 0 Å². The first-order chi connectivity index (χ1) is 19.2. The molecule has 40 heavy (non-hydrogen) atoms. The Balaban J connectivity index is 1.44. The summed E-state index contributed by atoms with van der Waals surface area (Å²) >= 11 is 0. The largest absolute Gasteiger partial charge is 0.415 e. The van der Waals surface area contributed by atoms with Crippen LogP contribution in [0.15, 0.2) is 96.1 Å². The van der Waals surface area contributed by atoms with Crippen molar-refractivity contribution in [3.63, 3.8) is 0 Å². The fourth-order valence-corrected chi connectivity index (χ4v) is 3.66. The zero-order chi connectivity index (χ0) is 28.6. The van der Waals surface area contributed by atoms with Crippen LogP contribution in [0.2, 0.25) is 0 Å². The molecule has 0 radical (unpaired) electrons. The standard InChI is InChI=1S/C30H24N4O6/c1-19-9-11-21(12-10-19)28(35)32-25-15-13-22(14-16-25)29(36)33-31-18-24-7-4-8-26(34(38)39)27(24)40-30(37)23-6-3-5-20(2)17-23/h3-18H,1-2H3,(H,32,35)(H,33,36)/b31-18+. The fraction of sp³-hybridized carbons (Fsp3) is 0.0667. The van der Waals surface area contributed by atoms with Gasteiger partial charge in [0.2, 0.25) is 5.75 Å². The van der Waals surface area contributed by atoms with Gasteiger partial charge in [0, 0.05) is 28.4 Å². The molecular weight excluding hydrogens is 512 g/mol. The number of anilines is 1. The predicted octanol–water partition coefficient (Wildman–Crippen LogP) is 5.45. The number of carbonyl (C=O) groups is 3. The summed E-state index contributed by atoms with van der Waals surface area (Å²) in [6.07, 6.45) is 1.15. The first-order valence-corrected chi connectivity index (χ1v) is 12.1. The third-order valence-corrected chi connectivity index (χ3v) is 5.76. The Hall–Kier alpha value is -5.64. The van der Waals surface area contributed by atoms with Crippen LogP contribution in [0.4, 0.5) is 11.4 Å². The SMILES string of the molecule is Cc1ccc(C(=O)Nc2ccc(C(=O)N/N=C/c3cccc([N+](=O)[O-])c3OC(=O)c3cccc(C)c3)cc2)cc1. The van der Waals surface area contributed by atoms with Gasteiger partial charge in [0.25, 0.3) is 11.8 Å². The van der Waals surface area contributed by atoms with Crippen LogP contribution < -0.4 is 15.5 Å². The highest BCUT2D eigenvalue weighted by Gasteiger charge is 2.22. The molecule has 0 aromatic heterocycles. The molecule has 10 nitrogen and oxygen atoms in total. The van der Waals surface area contributed by atoms with Crippen LogP contribution in [-0.4, -0.2) is 28.9 Å². The van der Waals surface area contributed by atoms with Crippen molar-refractivity contribution in [3.05, 3.63) is 134 Å². The monoisotopic (exact) mass is 536 g/mol. The Morgan fingerprint density at radius 2 is 1.45 bits per heavy atom. The predicted molar refractivity (Wildman–Crippen MR) is 150 cm³/mol. The highest BCUT2D eigenvalue weighted by Crippen LogP contribution is 2.31. The van der Waals surface area contributed by atoms with E-state index < -0.39 is 22.5 Å². The van der Waals surface area contributed by atoms with Gasteiger partial charge >= 0.3 is 11.7 Å². The number of hydrogen-bond donors (Lipinski definition) is 2. The van der Waals surface area contributed by atoms with Gasteiger partial charge in [-0.1, -0.05) is 41.5 Å². The molecule has 2 N–H and O–H groups in total. The number of hydrazone groups is 1. The van der Waals surface area contributed by atoms with Gasteiger partial charge in [-0.25, -0.2) is 10.2 Å². The Kier molecular flexibility index (Phi) is 8.40. The van der Waals surface area contributed by atoms with Crippen molar-refractivity contribution < 1.29 is 24.0 Å². The van der Waals surface area contributed by atoms with Crippen LogP contribution in [0.5, 0.6) is 5.75 Å².